The van der Waals surface area contributed by atoms with Crippen molar-refractivity contribution in [1.29, 1.82) is 0 Å². The Morgan fingerprint density at radius 3 is 3.10 bits per heavy atom. The summed E-state index contributed by atoms with van der Waals surface area (Å²) in [5, 5.41) is 8.00. The standard InChI is InChI=1S/C13H17N5O2S/c1-3-10-11(21-17-15-10)13(19)18-6-4-5-9(7-18)12-14-8(2)20-16-12/h9H,3-7H2,1-2H3. The summed E-state index contributed by atoms with van der Waals surface area (Å²) in [5.41, 5.74) is 0.780. The molecule has 0 N–H and O–H groups in total. The molecule has 3 heterocycles. The van der Waals surface area contributed by atoms with Gasteiger partial charge < -0.3 is 9.42 Å². The van der Waals surface area contributed by atoms with Gasteiger partial charge in [-0.15, -0.1) is 5.10 Å². The number of aryl methyl sites for hydroxylation is 2. The van der Waals surface area contributed by atoms with Gasteiger partial charge in [0.1, 0.15) is 4.88 Å². The van der Waals surface area contributed by atoms with Gasteiger partial charge in [-0.2, -0.15) is 4.98 Å². The van der Waals surface area contributed by atoms with E-state index in [1.807, 2.05) is 11.8 Å². The predicted octanol–water partition coefficient (Wildman–Crippen LogP) is 1.81. The SMILES string of the molecule is CCc1nnsc1C(=O)N1CCCC(c2noc(C)n2)C1. The van der Waals surface area contributed by atoms with Gasteiger partial charge in [0.2, 0.25) is 5.89 Å². The smallest absolute Gasteiger partial charge is 0.267 e. The first kappa shape index (κ1) is 14.1. The molecule has 112 valence electrons. The van der Waals surface area contributed by atoms with E-state index in [-0.39, 0.29) is 11.8 Å². The minimum absolute atomic E-state index is 0.0202. The molecule has 1 fully saturated rings. The lowest BCUT2D eigenvalue weighted by Gasteiger charge is -2.30. The second kappa shape index (κ2) is 5.88. The van der Waals surface area contributed by atoms with Crippen LogP contribution in [0.25, 0.3) is 0 Å². The monoisotopic (exact) mass is 307 g/mol. The van der Waals surface area contributed by atoms with E-state index >= 15 is 0 Å². The second-order valence-corrected chi connectivity index (χ2v) is 5.92. The number of aromatic nitrogens is 4. The Balaban J connectivity index is 1.75. The quantitative estimate of drug-likeness (QED) is 0.859. The van der Waals surface area contributed by atoms with Crippen LogP contribution in [0.2, 0.25) is 0 Å². The lowest BCUT2D eigenvalue weighted by Crippen LogP contribution is -2.39. The van der Waals surface area contributed by atoms with Crippen LogP contribution in [-0.2, 0) is 6.42 Å². The van der Waals surface area contributed by atoms with Gasteiger partial charge in [-0.25, -0.2) is 0 Å². The summed E-state index contributed by atoms with van der Waals surface area (Å²) in [6, 6.07) is 0. The number of carbonyl (C=O) groups is 1. The zero-order valence-electron chi connectivity index (χ0n) is 12.1. The van der Waals surface area contributed by atoms with Crippen molar-refractivity contribution in [3.8, 4) is 0 Å². The van der Waals surface area contributed by atoms with E-state index in [0.717, 1.165) is 31.5 Å². The fourth-order valence-corrected chi connectivity index (χ4v) is 3.32. The third-order valence-corrected chi connectivity index (χ3v) is 4.46. The number of hydrogen-bond acceptors (Lipinski definition) is 7. The molecule has 8 heteroatoms. The first-order valence-electron chi connectivity index (χ1n) is 7.09. The molecule has 2 aromatic rings. The Morgan fingerprint density at radius 2 is 2.38 bits per heavy atom. The number of piperidine rings is 1. The first-order chi connectivity index (χ1) is 10.2. The molecule has 1 unspecified atom stereocenters. The van der Waals surface area contributed by atoms with Crippen molar-refractivity contribution in [2.45, 2.75) is 39.0 Å². The van der Waals surface area contributed by atoms with E-state index in [9.17, 15) is 4.79 Å². The molecule has 0 aliphatic carbocycles. The average Bonchev–Trinajstić information content (AvgIpc) is 3.15. The molecule has 0 aromatic carbocycles. The maximum absolute atomic E-state index is 12.6. The highest BCUT2D eigenvalue weighted by Crippen LogP contribution is 2.26. The topological polar surface area (TPSA) is 85.0 Å². The Kier molecular flexibility index (Phi) is 3.96. The van der Waals surface area contributed by atoms with E-state index in [0.29, 0.717) is 23.1 Å². The van der Waals surface area contributed by atoms with Gasteiger partial charge in [0.15, 0.2) is 5.82 Å². The van der Waals surface area contributed by atoms with Crippen LogP contribution < -0.4 is 0 Å². The van der Waals surface area contributed by atoms with Crippen molar-refractivity contribution in [3.05, 3.63) is 22.3 Å². The van der Waals surface area contributed by atoms with Crippen molar-refractivity contribution < 1.29 is 9.32 Å². The summed E-state index contributed by atoms with van der Waals surface area (Å²) in [6.45, 7) is 5.14. The van der Waals surface area contributed by atoms with Crippen LogP contribution in [0.3, 0.4) is 0 Å². The number of nitrogens with zero attached hydrogens (tertiary/aromatic N) is 5. The summed E-state index contributed by atoms with van der Waals surface area (Å²) < 4.78 is 8.93. The Morgan fingerprint density at radius 1 is 1.52 bits per heavy atom. The van der Waals surface area contributed by atoms with Crippen molar-refractivity contribution in [3.63, 3.8) is 0 Å². The van der Waals surface area contributed by atoms with Crippen molar-refractivity contribution >= 4 is 17.4 Å². The number of carbonyl (C=O) groups excluding carboxylic acids is 1. The molecule has 1 aliphatic heterocycles. The summed E-state index contributed by atoms with van der Waals surface area (Å²) in [5.74, 6) is 1.43. The van der Waals surface area contributed by atoms with Crippen LogP contribution in [0, 0.1) is 6.92 Å². The van der Waals surface area contributed by atoms with E-state index in [1.54, 1.807) is 6.92 Å². The number of rotatable bonds is 3. The van der Waals surface area contributed by atoms with E-state index in [1.165, 1.54) is 11.5 Å². The van der Waals surface area contributed by atoms with Crippen LogP contribution in [0.1, 0.15) is 52.8 Å². The molecule has 1 amide bonds. The number of hydrogen-bond donors (Lipinski definition) is 0. The lowest BCUT2D eigenvalue weighted by molar-refractivity contribution is 0.0707. The van der Waals surface area contributed by atoms with Gasteiger partial charge in [0, 0.05) is 25.9 Å². The minimum Gasteiger partial charge on any atom is -0.340 e. The first-order valence-corrected chi connectivity index (χ1v) is 7.87. The molecule has 0 saturated carbocycles. The van der Waals surface area contributed by atoms with Gasteiger partial charge in [-0.05, 0) is 30.8 Å². The zero-order valence-corrected chi connectivity index (χ0v) is 12.9. The Bertz CT molecular complexity index is 638. The van der Waals surface area contributed by atoms with Gasteiger partial charge >= 0.3 is 0 Å². The Labute approximate surface area is 126 Å². The van der Waals surface area contributed by atoms with Gasteiger partial charge in [0.25, 0.3) is 5.91 Å². The van der Waals surface area contributed by atoms with Crippen LogP contribution in [0.4, 0.5) is 0 Å². The van der Waals surface area contributed by atoms with Gasteiger partial charge in [0.05, 0.1) is 5.69 Å². The zero-order chi connectivity index (χ0) is 14.8. The molecule has 1 saturated heterocycles. The largest absolute Gasteiger partial charge is 0.340 e. The molecule has 0 bridgehead atoms. The van der Waals surface area contributed by atoms with E-state index in [4.69, 9.17) is 4.52 Å². The Hall–Kier alpha value is -1.83. The van der Waals surface area contributed by atoms with Crippen LogP contribution in [0.5, 0.6) is 0 Å². The van der Waals surface area contributed by atoms with E-state index in [2.05, 4.69) is 19.7 Å². The molecule has 3 rings (SSSR count). The third-order valence-electron chi connectivity index (χ3n) is 3.70. The fourth-order valence-electron chi connectivity index (χ4n) is 2.60. The van der Waals surface area contributed by atoms with Gasteiger partial charge in [-0.1, -0.05) is 16.6 Å². The summed E-state index contributed by atoms with van der Waals surface area (Å²) in [4.78, 5) is 19.4. The summed E-state index contributed by atoms with van der Waals surface area (Å²) in [7, 11) is 0. The summed E-state index contributed by atoms with van der Waals surface area (Å²) >= 11 is 1.17. The molecule has 1 aliphatic rings. The molecular weight excluding hydrogens is 290 g/mol. The number of likely N-dealkylation sites (tertiary alicyclic amines) is 1. The summed E-state index contributed by atoms with van der Waals surface area (Å²) in [6.07, 6.45) is 2.64. The third kappa shape index (κ3) is 2.80. The highest BCUT2D eigenvalue weighted by molar-refractivity contribution is 7.08. The van der Waals surface area contributed by atoms with Crippen molar-refractivity contribution in [1.82, 2.24) is 24.6 Å². The van der Waals surface area contributed by atoms with Crippen LogP contribution in [-0.4, -0.2) is 43.6 Å². The molecular formula is C13H17N5O2S. The van der Waals surface area contributed by atoms with Gasteiger partial charge in [-0.3, -0.25) is 4.79 Å². The average molecular weight is 307 g/mol. The van der Waals surface area contributed by atoms with Crippen molar-refractivity contribution in [2.75, 3.05) is 13.1 Å². The molecule has 7 nitrogen and oxygen atoms in total. The highest BCUT2D eigenvalue weighted by Gasteiger charge is 2.30. The minimum atomic E-state index is 0.0202. The maximum Gasteiger partial charge on any atom is 0.267 e. The van der Waals surface area contributed by atoms with Crippen LogP contribution >= 0.6 is 11.5 Å². The van der Waals surface area contributed by atoms with Crippen LogP contribution in [0.15, 0.2) is 4.52 Å². The van der Waals surface area contributed by atoms with E-state index < -0.39 is 0 Å². The molecule has 2 aromatic heterocycles. The predicted molar refractivity (Wildman–Crippen MR) is 76.2 cm³/mol. The second-order valence-electron chi connectivity index (χ2n) is 5.16. The lowest BCUT2D eigenvalue weighted by atomic mass is 9.97. The highest BCUT2D eigenvalue weighted by atomic mass is 32.1. The molecule has 1 atom stereocenters. The molecule has 0 spiro atoms. The molecule has 21 heavy (non-hydrogen) atoms. The number of amides is 1. The fraction of sp³-hybridized carbons (Fsp3) is 0.615. The molecule has 0 radical (unpaired) electrons. The normalized spacial score (nSPS) is 19.0. The maximum atomic E-state index is 12.6. The van der Waals surface area contributed by atoms with Crippen molar-refractivity contribution in [2.24, 2.45) is 0 Å².